The third kappa shape index (κ3) is 5.26. The molecule has 43 heavy (non-hydrogen) atoms. The van der Waals surface area contributed by atoms with Gasteiger partial charge in [-0.25, -0.2) is 9.78 Å². The normalized spacial score (nSPS) is 23.4. The smallest absolute Gasteiger partial charge is 0.477 e. The Morgan fingerprint density at radius 3 is 2.47 bits per heavy atom. The maximum atomic E-state index is 13.1. The second-order valence-electron chi connectivity index (χ2n) is 11.6. The highest BCUT2D eigenvalue weighted by Crippen LogP contribution is 2.55. The first-order chi connectivity index (χ1) is 20.6. The van der Waals surface area contributed by atoms with Crippen LogP contribution in [0.3, 0.4) is 0 Å². The van der Waals surface area contributed by atoms with Crippen LogP contribution in [-0.2, 0) is 16.8 Å². The van der Waals surface area contributed by atoms with Crippen molar-refractivity contribution in [3.63, 3.8) is 0 Å². The first-order valence-corrected chi connectivity index (χ1v) is 14.2. The number of rotatable bonds is 9. The van der Waals surface area contributed by atoms with Crippen LogP contribution in [0.4, 0.5) is 13.2 Å². The summed E-state index contributed by atoms with van der Waals surface area (Å²) >= 11 is 0. The third-order valence-corrected chi connectivity index (χ3v) is 8.96. The van der Waals surface area contributed by atoms with Crippen LogP contribution in [0.1, 0.15) is 84.9 Å². The average Bonchev–Trinajstić information content (AvgIpc) is 3.55. The second kappa shape index (κ2) is 10.2. The Bertz CT molecular complexity index is 1650. The average molecular weight is 597 g/mol. The second-order valence-corrected chi connectivity index (χ2v) is 11.6. The number of nitrogens with zero attached hydrogens (tertiary/aromatic N) is 4. The van der Waals surface area contributed by atoms with E-state index in [1.165, 1.54) is 24.4 Å². The molecule has 8 rings (SSSR count). The lowest BCUT2D eigenvalue weighted by Crippen LogP contribution is -2.50. The summed E-state index contributed by atoms with van der Waals surface area (Å²) in [5.41, 5.74) is 0.891. The number of carbonyl (C=O) groups is 1. The van der Waals surface area contributed by atoms with Crippen LogP contribution in [-0.4, -0.2) is 43.3 Å². The Balaban J connectivity index is 1.08. The van der Waals surface area contributed by atoms with E-state index in [9.17, 15) is 23.1 Å². The number of aromatic carboxylic acids is 1. The molecule has 4 aliphatic rings. The third-order valence-electron chi connectivity index (χ3n) is 8.96. The summed E-state index contributed by atoms with van der Waals surface area (Å²) in [6, 6.07) is 8.96. The minimum atomic E-state index is -4.84. The van der Waals surface area contributed by atoms with E-state index in [0.717, 1.165) is 51.4 Å². The van der Waals surface area contributed by atoms with Crippen LogP contribution in [0.25, 0.3) is 22.7 Å². The van der Waals surface area contributed by atoms with Crippen LogP contribution < -0.4 is 4.74 Å². The minimum Gasteiger partial charge on any atom is -0.477 e. The largest absolute Gasteiger partial charge is 0.573 e. The number of hydrogen-bond acceptors (Lipinski definition) is 9. The fourth-order valence-electron chi connectivity index (χ4n) is 6.38. The van der Waals surface area contributed by atoms with Crippen molar-refractivity contribution in [2.24, 2.45) is 0 Å². The van der Waals surface area contributed by atoms with Gasteiger partial charge in [0.1, 0.15) is 22.9 Å². The number of para-hydroxylation sites is 1. The molecule has 10 nitrogen and oxygen atoms in total. The molecular formula is C30H27F3N4O6. The molecule has 0 spiro atoms. The molecule has 4 aromatic rings. The summed E-state index contributed by atoms with van der Waals surface area (Å²) in [5.74, 6) is 0.208. The van der Waals surface area contributed by atoms with Gasteiger partial charge in [-0.2, -0.15) is 4.98 Å². The van der Waals surface area contributed by atoms with Gasteiger partial charge in [0.05, 0.1) is 12.2 Å². The fraction of sp³-hybridized carbons (Fsp3) is 0.433. The molecule has 13 heteroatoms. The molecule has 2 bridgehead atoms. The summed E-state index contributed by atoms with van der Waals surface area (Å²) in [6.45, 7) is 0.165. The number of benzene rings is 1. The molecular weight excluding hydrogens is 569 g/mol. The van der Waals surface area contributed by atoms with Gasteiger partial charge in [0, 0.05) is 34.2 Å². The van der Waals surface area contributed by atoms with E-state index >= 15 is 0 Å². The lowest BCUT2D eigenvalue weighted by atomic mass is 9.58. The van der Waals surface area contributed by atoms with Crippen LogP contribution in [0.15, 0.2) is 51.6 Å². The van der Waals surface area contributed by atoms with E-state index in [1.54, 1.807) is 18.2 Å². The van der Waals surface area contributed by atoms with E-state index in [4.69, 9.17) is 13.8 Å². The van der Waals surface area contributed by atoms with Gasteiger partial charge < -0.3 is 23.6 Å². The topological polar surface area (TPSA) is 134 Å². The van der Waals surface area contributed by atoms with Crippen LogP contribution in [0.2, 0.25) is 0 Å². The summed E-state index contributed by atoms with van der Waals surface area (Å²) < 4.78 is 61.5. The number of pyridine rings is 1. The van der Waals surface area contributed by atoms with Crippen molar-refractivity contribution in [3.8, 4) is 28.5 Å². The Labute approximate surface area is 243 Å². The Hall–Kier alpha value is -4.26. The number of ether oxygens (including phenoxy) is 2. The van der Waals surface area contributed by atoms with Crippen LogP contribution >= 0.6 is 0 Å². The Kier molecular flexibility index (Phi) is 6.53. The molecule has 0 amide bonds. The van der Waals surface area contributed by atoms with Gasteiger partial charge in [0.2, 0.25) is 0 Å². The molecule has 4 fully saturated rings. The molecule has 0 atom stereocenters. The fourth-order valence-corrected chi connectivity index (χ4v) is 6.38. The van der Waals surface area contributed by atoms with Gasteiger partial charge in [-0.1, -0.05) is 22.4 Å². The van der Waals surface area contributed by atoms with Crippen molar-refractivity contribution in [2.75, 3.05) is 0 Å². The number of halogens is 3. The predicted octanol–water partition coefficient (Wildman–Crippen LogP) is 6.82. The van der Waals surface area contributed by atoms with Crippen molar-refractivity contribution in [3.05, 3.63) is 65.4 Å². The molecule has 1 N–H and O–H groups in total. The molecule has 0 aliphatic heterocycles. The molecule has 1 aromatic carbocycles. The molecule has 4 aliphatic carbocycles. The van der Waals surface area contributed by atoms with Gasteiger partial charge in [0.25, 0.3) is 5.89 Å². The van der Waals surface area contributed by atoms with E-state index in [1.807, 2.05) is 0 Å². The SMILES string of the molecule is O=C(O)c1cc(-c2nc(C34CCC(OCc5c(-c6ccccc6OC(F)(F)F)noc5C5CC5)(CC3)CC4)no2)ccn1. The number of alkyl halides is 3. The molecule has 0 saturated heterocycles. The maximum Gasteiger partial charge on any atom is 0.573 e. The lowest BCUT2D eigenvalue weighted by molar-refractivity contribution is -0.274. The van der Waals surface area contributed by atoms with E-state index in [2.05, 4.69) is 25.0 Å². The Morgan fingerprint density at radius 2 is 1.77 bits per heavy atom. The zero-order valence-electron chi connectivity index (χ0n) is 22.9. The van der Waals surface area contributed by atoms with E-state index in [0.29, 0.717) is 28.4 Å². The number of fused-ring (bicyclic) bond motifs is 3. The predicted molar refractivity (Wildman–Crippen MR) is 142 cm³/mol. The summed E-state index contributed by atoms with van der Waals surface area (Å²) in [4.78, 5) is 19.8. The Morgan fingerprint density at radius 1 is 1.02 bits per heavy atom. The van der Waals surface area contributed by atoms with Crippen molar-refractivity contribution < 1.29 is 41.6 Å². The molecule has 3 heterocycles. The zero-order chi connectivity index (χ0) is 29.8. The molecule has 3 aromatic heterocycles. The van der Waals surface area contributed by atoms with Crippen LogP contribution in [0.5, 0.6) is 5.75 Å². The van der Waals surface area contributed by atoms with E-state index in [-0.39, 0.29) is 40.8 Å². The standard InChI is InChI=1S/C30H27F3N4O6/c31-30(32,33)41-22-4-2-1-3-19(22)23-20(24(42-36-23)17-5-6-17)16-40-29-11-8-28(9-12-29,10-13-29)27-35-25(43-37-27)18-7-14-34-21(15-18)26(38)39/h1-4,7,14-15,17H,5-6,8-13,16H2,(H,38,39). The number of hydrogen-bond donors (Lipinski definition) is 1. The molecule has 0 radical (unpaired) electrons. The minimum absolute atomic E-state index is 0.107. The lowest BCUT2D eigenvalue weighted by Gasteiger charge is -2.51. The van der Waals surface area contributed by atoms with Crippen molar-refractivity contribution in [1.82, 2.24) is 20.3 Å². The quantitative estimate of drug-likeness (QED) is 0.219. The highest BCUT2D eigenvalue weighted by atomic mass is 19.4. The maximum absolute atomic E-state index is 13.1. The van der Waals surface area contributed by atoms with Crippen molar-refractivity contribution in [2.45, 2.75) is 81.3 Å². The molecule has 224 valence electrons. The van der Waals surface area contributed by atoms with Crippen molar-refractivity contribution in [1.29, 1.82) is 0 Å². The van der Waals surface area contributed by atoms with Gasteiger partial charge >= 0.3 is 12.3 Å². The summed E-state index contributed by atoms with van der Waals surface area (Å²) in [5, 5.41) is 17.7. The highest BCUT2D eigenvalue weighted by Gasteiger charge is 2.52. The number of aromatic nitrogens is 4. The monoisotopic (exact) mass is 596 g/mol. The first kappa shape index (κ1) is 27.6. The van der Waals surface area contributed by atoms with E-state index < -0.39 is 17.9 Å². The van der Waals surface area contributed by atoms with Gasteiger partial charge in [0.15, 0.2) is 5.82 Å². The first-order valence-electron chi connectivity index (χ1n) is 14.2. The van der Waals surface area contributed by atoms with Gasteiger partial charge in [-0.3, -0.25) is 0 Å². The van der Waals surface area contributed by atoms with Gasteiger partial charge in [-0.05, 0) is 75.6 Å². The van der Waals surface area contributed by atoms with Gasteiger partial charge in [-0.15, -0.1) is 13.2 Å². The summed E-state index contributed by atoms with van der Waals surface area (Å²) in [7, 11) is 0. The highest BCUT2D eigenvalue weighted by molar-refractivity contribution is 5.86. The molecule has 0 unspecified atom stereocenters. The number of carboxylic acid groups (broad SMARTS) is 1. The zero-order valence-corrected chi connectivity index (χ0v) is 22.9. The van der Waals surface area contributed by atoms with Crippen molar-refractivity contribution >= 4 is 5.97 Å². The van der Waals surface area contributed by atoms with Crippen LogP contribution in [0, 0.1) is 0 Å². The summed E-state index contributed by atoms with van der Waals surface area (Å²) in [6.07, 6.45) is 2.99. The molecule has 4 saturated carbocycles. The number of carboxylic acids is 1.